The molecular weight excluding hydrogens is 416 g/mol. The van der Waals surface area contributed by atoms with Gasteiger partial charge in [-0.1, -0.05) is 32.0 Å². The molecule has 174 valence electrons. The highest BCUT2D eigenvalue weighted by molar-refractivity contribution is 5.92. The van der Waals surface area contributed by atoms with Crippen molar-refractivity contribution in [1.29, 1.82) is 0 Å². The van der Waals surface area contributed by atoms with Gasteiger partial charge in [0.15, 0.2) is 5.82 Å². The number of nitrogens with zero attached hydrogens (tertiary/aromatic N) is 4. The molecule has 4 rings (SSSR count). The van der Waals surface area contributed by atoms with Crippen molar-refractivity contribution in [3.63, 3.8) is 0 Å². The number of amides is 1. The lowest BCUT2D eigenvalue weighted by Crippen LogP contribution is -2.52. The predicted octanol–water partition coefficient (Wildman–Crippen LogP) is 3.67. The Morgan fingerprint density at radius 3 is 2.45 bits per heavy atom. The smallest absolute Gasteiger partial charge is 0.251 e. The number of hydrogen-bond acceptors (Lipinski definition) is 6. The molecular formula is C26H32N4O3. The zero-order valence-electron chi connectivity index (χ0n) is 19.7. The first kappa shape index (κ1) is 23.0. The molecule has 1 aliphatic rings. The number of aliphatic hydroxyl groups is 1. The van der Waals surface area contributed by atoms with Crippen LogP contribution in [0.25, 0.3) is 22.3 Å². The van der Waals surface area contributed by atoms with Gasteiger partial charge in [0.1, 0.15) is 17.7 Å². The van der Waals surface area contributed by atoms with E-state index >= 15 is 0 Å². The molecule has 2 N–H and O–H groups in total. The van der Waals surface area contributed by atoms with Gasteiger partial charge in [-0.15, -0.1) is 0 Å². The van der Waals surface area contributed by atoms with E-state index in [1.807, 2.05) is 58.0 Å². The molecule has 7 nitrogen and oxygen atoms in total. The highest BCUT2D eigenvalue weighted by atomic mass is 16.3. The molecule has 0 aliphatic carbocycles. The highest BCUT2D eigenvalue weighted by Crippen LogP contribution is 2.34. The Kier molecular flexibility index (Phi) is 6.51. The lowest BCUT2D eigenvalue weighted by molar-refractivity contribution is -0.141. The van der Waals surface area contributed by atoms with Crippen LogP contribution in [0.5, 0.6) is 5.75 Å². The van der Waals surface area contributed by atoms with E-state index in [1.165, 1.54) is 0 Å². The van der Waals surface area contributed by atoms with Crippen LogP contribution in [0.15, 0.2) is 36.4 Å². The summed E-state index contributed by atoms with van der Waals surface area (Å²) in [6, 6.07) is 11.5. The standard InChI is InChI=1S/C26H32N4O3/c1-16(2)14-22(32)26(33)30-12-10-29(11-13-30)25-19-9-8-17(3)15-20(19)27-24(28-25)23-18(4)6-5-7-21(23)31/h5-9,15-16,22,31-32H,10-14H2,1-4H3. The summed E-state index contributed by atoms with van der Waals surface area (Å²) in [5, 5.41) is 21.7. The average Bonchev–Trinajstić information content (AvgIpc) is 2.77. The van der Waals surface area contributed by atoms with E-state index < -0.39 is 6.10 Å². The summed E-state index contributed by atoms with van der Waals surface area (Å²) in [7, 11) is 0. The minimum atomic E-state index is -0.949. The first-order chi connectivity index (χ1) is 15.7. The number of aliphatic hydroxyl groups excluding tert-OH is 1. The van der Waals surface area contributed by atoms with E-state index in [2.05, 4.69) is 4.90 Å². The van der Waals surface area contributed by atoms with Crippen LogP contribution >= 0.6 is 0 Å². The molecule has 1 aliphatic heterocycles. The Hall–Kier alpha value is -3.19. The summed E-state index contributed by atoms with van der Waals surface area (Å²) in [5.74, 6) is 1.51. The molecule has 0 spiro atoms. The molecule has 1 fully saturated rings. The van der Waals surface area contributed by atoms with Gasteiger partial charge in [0.25, 0.3) is 5.91 Å². The largest absolute Gasteiger partial charge is 0.507 e. The van der Waals surface area contributed by atoms with Crippen molar-refractivity contribution in [3.05, 3.63) is 47.5 Å². The number of phenolic OH excluding ortho intramolecular Hbond substituents is 1. The molecule has 1 atom stereocenters. The van der Waals surface area contributed by atoms with Crippen molar-refractivity contribution in [2.45, 2.75) is 40.2 Å². The van der Waals surface area contributed by atoms with Gasteiger partial charge in [0, 0.05) is 31.6 Å². The summed E-state index contributed by atoms with van der Waals surface area (Å²) in [5.41, 5.74) is 3.46. The van der Waals surface area contributed by atoms with Crippen LogP contribution in [-0.2, 0) is 4.79 Å². The molecule has 3 aromatic rings. The van der Waals surface area contributed by atoms with Crippen molar-refractivity contribution in [2.75, 3.05) is 31.1 Å². The molecule has 0 radical (unpaired) electrons. The van der Waals surface area contributed by atoms with Crippen LogP contribution in [0.3, 0.4) is 0 Å². The number of hydrogen-bond donors (Lipinski definition) is 2. The molecule has 33 heavy (non-hydrogen) atoms. The number of rotatable bonds is 5. The van der Waals surface area contributed by atoms with Crippen LogP contribution in [-0.4, -0.2) is 63.3 Å². The second-order valence-corrected chi connectivity index (χ2v) is 9.32. The summed E-state index contributed by atoms with van der Waals surface area (Å²) >= 11 is 0. The maximum Gasteiger partial charge on any atom is 0.251 e. The van der Waals surface area contributed by atoms with Crippen LogP contribution in [0.1, 0.15) is 31.4 Å². The number of anilines is 1. The van der Waals surface area contributed by atoms with Gasteiger partial charge in [0.05, 0.1) is 11.1 Å². The number of aromatic nitrogens is 2. The third-order valence-electron chi connectivity index (χ3n) is 6.18. The fourth-order valence-electron chi connectivity index (χ4n) is 4.42. The zero-order valence-corrected chi connectivity index (χ0v) is 19.7. The molecule has 1 unspecified atom stereocenters. The first-order valence-electron chi connectivity index (χ1n) is 11.5. The molecule has 0 saturated carbocycles. The maximum absolute atomic E-state index is 12.6. The maximum atomic E-state index is 12.6. The van der Waals surface area contributed by atoms with E-state index in [4.69, 9.17) is 9.97 Å². The van der Waals surface area contributed by atoms with Crippen molar-refractivity contribution in [1.82, 2.24) is 14.9 Å². The average molecular weight is 449 g/mol. The van der Waals surface area contributed by atoms with E-state index in [1.54, 1.807) is 11.0 Å². The summed E-state index contributed by atoms with van der Waals surface area (Å²) < 4.78 is 0. The molecule has 0 bridgehead atoms. The number of benzene rings is 2. The van der Waals surface area contributed by atoms with Crippen molar-refractivity contribution in [2.24, 2.45) is 5.92 Å². The van der Waals surface area contributed by atoms with Crippen molar-refractivity contribution in [3.8, 4) is 17.1 Å². The lowest BCUT2D eigenvalue weighted by Gasteiger charge is -2.37. The van der Waals surface area contributed by atoms with E-state index in [-0.39, 0.29) is 17.6 Å². The minimum Gasteiger partial charge on any atom is -0.507 e. The quantitative estimate of drug-likeness (QED) is 0.619. The van der Waals surface area contributed by atoms with Gasteiger partial charge in [-0.05, 0) is 55.5 Å². The van der Waals surface area contributed by atoms with E-state index in [0.29, 0.717) is 44.0 Å². The highest BCUT2D eigenvalue weighted by Gasteiger charge is 2.28. The van der Waals surface area contributed by atoms with Crippen LogP contribution < -0.4 is 4.90 Å². The lowest BCUT2D eigenvalue weighted by atomic mass is 10.0. The Bertz CT molecular complexity index is 1150. The van der Waals surface area contributed by atoms with Gasteiger partial charge in [-0.3, -0.25) is 4.79 Å². The number of phenols is 1. The SMILES string of the molecule is Cc1ccc2c(N3CCN(C(=O)C(O)CC(C)C)CC3)nc(-c3c(C)cccc3O)nc2c1. The number of aryl methyl sites for hydroxylation is 2. The Morgan fingerprint density at radius 1 is 1.06 bits per heavy atom. The fraction of sp³-hybridized carbons (Fsp3) is 0.423. The molecule has 2 heterocycles. The normalized spacial score (nSPS) is 15.3. The third kappa shape index (κ3) is 4.78. The minimum absolute atomic E-state index is 0.155. The molecule has 1 aromatic heterocycles. The van der Waals surface area contributed by atoms with E-state index in [9.17, 15) is 15.0 Å². The van der Waals surface area contributed by atoms with Crippen LogP contribution in [0.2, 0.25) is 0 Å². The van der Waals surface area contributed by atoms with Gasteiger partial charge in [0.2, 0.25) is 0 Å². The Balaban J connectivity index is 1.66. The Labute approximate surface area is 194 Å². The third-order valence-corrected chi connectivity index (χ3v) is 6.18. The van der Waals surface area contributed by atoms with Gasteiger partial charge >= 0.3 is 0 Å². The van der Waals surface area contributed by atoms with Crippen LogP contribution in [0, 0.1) is 19.8 Å². The number of aromatic hydroxyl groups is 1. The van der Waals surface area contributed by atoms with Gasteiger partial charge in [-0.2, -0.15) is 0 Å². The van der Waals surface area contributed by atoms with Crippen molar-refractivity contribution >= 4 is 22.6 Å². The monoisotopic (exact) mass is 448 g/mol. The molecule has 1 amide bonds. The second-order valence-electron chi connectivity index (χ2n) is 9.32. The summed E-state index contributed by atoms with van der Waals surface area (Å²) in [4.78, 5) is 26.2. The van der Waals surface area contributed by atoms with E-state index in [0.717, 1.165) is 27.8 Å². The Morgan fingerprint density at radius 2 is 1.79 bits per heavy atom. The second kappa shape index (κ2) is 9.35. The number of fused-ring (bicyclic) bond motifs is 1. The number of piperazine rings is 1. The summed E-state index contributed by atoms with van der Waals surface area (Å²) in [6.07, 6.45) is -0.479. The van der Waals surface area contributed by atoms with Crippen LogP contribution in [0.4, 0.5) is 5.82 Å². The van der Waals surface area contributed by atoms with Gasteiger partial charge in [-0.25, -0.2) is 9.97 Å². The molecule has 7 heteroatoms. The number of carbonyl (C=O) groups excluding carboxylic acids is 1. The summed E-state index contributed by atoms with van der Waals surface area (Å²) in [6.45, 7) is 10.2. The first-order valence-corrected chi connectivity index (χ1v) is 11.5. The van der Waals surface area contributed by atoms with Gasteiger partial charge < -0.3 is 20.0 Å². The number of carbonyl (C=O) groups is 1. The zero-order chi connectivity index (χ0) is 23.7. The fourth-order valence-corrected chi connectivity index (χ4v) is 4.42. The molecule has 1 saturated heterocycles. The topological polar surface area (TPSA) is 89.8 Å². The van der Waals surface area contributed by atoms with Crippen molar-refractivity contribution < 1.29 is 15.0 Å². The molecule has 2 aromatic carbocycles. The predicted molar refractivity (Wildman–Crippen MR) is 130 cm³/mol.